The molecule has 0 amide bonds. The molecular formula is C8H22N2O4S2. The van der Waals surface area contributed by atoms with Crippen molar-refractivity contribution in [2.75, 3.05) is 13.3 Å². The summed E-state index contributed by atoms with van der Waals surface area (Å²) >= 11 is 0. The first-order valence-electron chi connectivity index (χ1n) is 4.82. The van der Waals surface area contributed by atoms with Crippen molar-refractivity contribution in [2.45, 2.75) is 39.0 Å². The van der Waals surface area contributed by atoms with E-state index in [-0.39, 0.29) is 11.3 Å². The van der Waals surface area contributed by atoms with Crippen LogP contribution in [0.4, 0.5) is 0 Å². The van der Waals surface area contributed by atoms with Gasteiger partial charge in [0.05, 0.1) is 11.5 Å². The summed E-state index contributed by atoms with van der Waals surface area (Å²) in [7, 11) is -4.55. The highest BCUT2D eigenvalue weighted by atomic mass is 32.2. The van der Waals surface area contributed by atoms with E-state index in [4.69, 9.17) is 0 Å². The summed E-state index contributed by atoms with van der Waals surface area (Å²) in [5.74, 6) is 0. The Labute approximate surface area is 98.9 Å². The number of hydrogen-bond acceptors (Lipinski definition) is 4. The lowest BCUT2D eigenvalue weighted by atomic mass is 10.4. The van der Waals surface area contributed by atoms with Crippen LogP contribution >= 0.6 is 0 Å². The summed E-state index contributed by atoms with van der Waals surface area (Å²) in [4.78, 5) is 0. The Morgan fingerprint density at radius 3 is 1.31 bits per heavy atom. The van der Waals surface area contributed by atoms with E-state index >= 15 is 0 Å². The Morgan fingerprint density at radius 2 is 1.31 bits per heavy atom. The van der Waals surface area contributed by atoms with Gasteiger partial charge in [-0.25, -0.2) is 26.3 Å². The highest BCUT2D eigenvalue weighted by molar-refractivity contribution is 7.90. The molecule has 8 heteroatoms. The van der Waals surface area contributed by atoms with Crippen LogP contribution in [0.5, 0.6) is 0 Å². The standard InChI is InChI=1S/2C4H11NO2S/c1-4(2)5-8(3,6)7;1-4(2)8(6,7)5-3/h2*4-5H,1-3H3. The smallest absolute Gasteiger partial charge is 0.213 e. The highest BCUT2D eigenvalue weighted by Gasteiger charge is 2.10. The van der Waals surface area contributed by atoms with Crippen molar-refractivity contribution in [2.24, 2.45) is 0 Å². The highest BCUT2D eigenvalue weighted by Crippen LogP contribution is 1.92. The second-order valence-corrected chi connectivity index (χ2v) is 8.06. The van der Waals surface area contributed by atoms with Crippen LogP contribution < -0.4 is 9.44 Å². The van der Waals surface area contributed by atoms with Crippen molar-refractivity contribution in [3.05, 3.63) is 0 Å². The maximum atomic E-state index is 10.6. The number of nitrogens with one attached hydrogen (secondary N) is 2. The molecule has 0 unspecified atom stereocenters. The number of sulfonamides is 2. The fourth-order valence-electron chi connectivity index (χ4n) is 0.664. The van der Waals surface area contributed by atoms with E-state index in [2.05, 4.69) is 9.44 Å². The molecule has 0 aliphatic heterocycles. The first-order chi connectivity index (χ1) is 6.92. The zero-order chi connectivity index (χ0) is 13.6. The minimum absolute atomic E-state index is 0.00463. The molecule has 0 saturated heterocycles. The van der Waals surface area contributed by atoms with Gasteiger partial charge in [-0.1, -0.05) is 0 Å². The number of rotatable bonds is 4. The Bertz CT molecular complexity index is 371. The summed E-state index contributed by atoms with van der Waals surface area (Å²) in [5.41, 5.74) is 0. The molecule has 0 bridgehead atoms. The van der Waals surface area contributed by atoms with Crippen LogP contribution in [-0.4, -0.2) is 41.4 Å². The topological polar surface area (TPSA) is 92.3 Å². The van der Waals surface area contributed by atoms with Crippen LogP contribution in [0.25, 0.3) is 0 Å². The molecule has 0 fully saturated rings. The molecule has 0 aromatic carbocycles. The molecule has 6 nitrogen and oxygen atoms in total. The Balaban J connectivity index is 0. The summed E-state index contributed by atoms with van der Waals surface area (Å²) in [6, 6.07) is 0.00463. The second-order valence-electron chi connectivity index (χ2n) is 3.84. The van der Waals surface area contributed by atoms with Crippen molar-refractivity contribution < 1.29 is 16.8 Å². The summed E-state index contributed by atoms with van der Waals surface area (Å²) in [6.07, 6.45) is 1.15. The third kappa shape index (κ3) is 11.9. The molecule has 0 heterocycles. The fourth-order valence-corrected chi connectivity index (χ4v) is 1.99. The SMILES string of the molecule is CC(C)NS(C)(=O)=O.CNS(=O)(=O)C(C)C. The minimum Gasteiger partial charge on any atom is -0.218 e. The van der Waals surface area contributed by atoms with Gasteiger partial charge < -0.3 is 0 Å². The van der Waals surface area contributed by atoms with Gasteiger partial charge in [0.25, 0.3) is 0 Å². The summed E-state index contributed by atoms with van der Waals surface area (Å²) in [6.45, 7) is 6.82. The minimum atomic E-state index is -2.99. The first kappa shape index (κ1) is 18.2. The van der Waals surface area contributed by atoms with Gasteiger partial charge in [0.2, 0.25) is 20.0 Å². The average Bonchev–Trinajstić information content (AvgIpc) is 2.00. The lowest BCUT2D eigenvalue weighted by Gasteiger charge is -2.02. The van der Waals surface area contributed by atoms with E-state index in [9.17, 15) is 16.8 Å². The van der Waals surface area contributed by atoms with Crippen molar-refractivity contribution in [1.29, 1.82) is 0 Å². The van der Waals surface area contributed by atoms with Gasteiger partial charge in [-0.3, -0.25) is 0 Å². The molecule has 0 saturated carbocycles. The monoisotopic (exact) mass is 274 g/mol. The second kappa shape index (κ2) is 7.21. The molecule has 2 N–H and O–H groups in total. The lowest BCUT2D eigenvalue weighted by Crippen LogP contribution is -2.28. The molecule has 0 aliphatic rings. The Hall–Kier alpha value is -0.180. The van der Waals surface area contributed by atoms with Crippen molar-refractivity contribution in [3.63, 3.8) is 0 Å². The van der Waals surface area contributed by atoms with E-state index in [0.29, 0.717) is 0 Å². The number of hydrogen-bond donors (Lipinski definition) is 2. The molecule has 0 spiro atoms. The molecule has 0 radical (unpaired) electrons. The Morgan fingerprint density at radius 1 is 0.938 bits per heavy atom. The van der Waals surface area contributed by atoms with Crippen molar-refractivity contribution >= 4 is 20.0 Å². The third-order valence-electron chi connectivity index (χ3n) is 1.35. The van der Waals surface area contributed by atoms with Gasteiger partial charge in [0.1, 0.15) is 0 Å². The maximum Gasteiger partial charge on any atom is 0.213 e. The van der Waals surface area contributed by atoms with Crippen molar-refractivity contribution in [1.82, 2.24) is 9.44 Å². The lowest BCUT2D eigenvalue weighted by molar-refractivity contribution is 0.575. The molecule has 16 heavy (non-hydrogen) atoms. The van der Waals surface area contributed by atoms with E-state index in [1.54, 1.807) is 27.7 Å². The van der Waals surface area contributed by atoms with E-state index in [1.165, 1.54) is 7.05 Å². The van der Waals surface area contributed by atoms with Crippen LogP contribution in [0.15, 0.2) is 0 Å². The molecule has 0 aliphatic carbocycles. The van der Waals surface area contributed by atoms with Gasteiger partial charge >= 0.3 is 0 Å². The van der Waals surface area contributed by atoms with E-state index in [1.807, 2.05) is 0 Å². The third-order valence-corrected chi connectivity index (χ3v) is 4.06. The zero-order valence-corrected chi connectivity index (χ0v) is 12.2. The quantitative estimate of drug-likeness (QED) is 0.748. The molecule has 0 rings (SSSR count). The van der Waals surface area contributed by atoms with E-state index < -0.39 is 20.0 Å². The summed E-state index contributed by atoms with van der Waals surface area (Å²) < 4.78 is 46.4. The Kier molecular flexibility index (Phi) is 8.19. The molecule has 100 valence electrons. The van der Waals surface area contributed by atoms with Crippen molar-refractivity contribution in [3.8, 4) is 0 Å². The van der Waals surface area contributed by atoms with Crippen LogP contribution in [0.1, 0.15) is 27.7 Å². The van der Waals surface area contributed by atoms with E-state index in [0.717, 1.165) is 6.26 Å². The largest absolute Gasteiger partial charge is 0.218 e. The van der Waals surface area contributed by atoms with Crippen LogP contribution in [0.3, 0.4) is 0 Å². The first-order valence-corrected chi connectivity index (χ1v) is 8.25. The van der Waals surface area contributed by atoms with Crippen LogP contribution in [0.2, 0.25) is 0 Å². The molecule has 0 aromatic heterocycles. The predicted molar refractivity (Wildman–Crippen MR) is 66.2 cm³/mol. The van der Waals surface area contributed by atoms with Gasteiger partial charge in [-0.05, 0) is 34.7 Å². The van der Waals surface area contributed by atoms with Gasteiger partial charge in [0.15, 0.2) is 0 Å². The summed E-state index contributed by atoms with van der Waals surface area (Å²) in [5, 5.41) is -0.326. The van der Waals surface area contributed by atoms with Crippen LogP contribution in [0, 0.1) is 0 Å². The predicted octanol–water partition coefficient (Wildman–Crippen LogP) is -0.112. The molecular weight excluding hydrogens is 252 g/mol. The molecule has 0 aromatic rings. The maximum absolute atomic E-state index is 10.6. The van der Waals surface area contributed by atoms with Gasteiger partial charge in [0, 0.05) is 6.04 Å². The van der Waals surface area contributed by atoms with Gasteiger partial charge in [-0.15, -0.1) is 0 Å². The average molecular weight is 274 g/mol. The van der Waals surface area contributed by atoms with Gasteiger partial charge in [-0.2, -0.15) is 0 Å². The zero-order valence-electron chi connectivity index (χ0n) is 10.6. The fraction of sp³-hybridized carbons (Fsp3) is 1.00. The van der Waals surface area contributed by atoms with Crippen LogP contribution in [-0.2, 0) is 20.0 Å². The molecule has 0 atom stereocenters. The normalized spacial score (nSPS) is 12.5.